The molecule has 0 amide bonds. The first-order valence-corrected chi connectivity index (χ1v) is 9.13. The van der Waals surface area contributed by atoms with Gasteiger partial charge in [0.25, 0.3) is 5.56 Å². The van der Waals surface area contributed by atoms with Gasteiger partial charge in [-0.15, -0.1) is 11.3 Å². The van der Waals surface area contributed by atoms with Gasteiger partial charge in [0, 0.05) is 23.3 Å². The number of hydrogen-bond donors (Lipinski definition) is 0. The SMILES string of the molecule is COc1cccc(-n2c(=O)nc3n(Cc4cnc(Cl)s4)cccc-3c2=O)c1. The first-order valence-electron chi connectivity index (χ1n) is 7.93. The third-order valence-corrected chi connectivity index (χ3v) is 5.13. The van der Waals surface area contributed by atoms with Gasteiger partial charge in [-0.25, -0.2) is 14.3 Å². The van der Waals surface area contributed by atoms with Crippen molar-refractivity contribution in [2.45, 2.75) is 6.54 Å². The summed E-state index contributed by atoms with van der Waals surface area (Å²) in [6.07, 6.45) is 3.42. The molecule has 136 valence electrons. The molecule has 0 N–H and O–H groups in total. The van der Waals surface area contributed by atoms with Crippen molar-refractivity contribution in [1.82, 2.24) is 19.1 Å². The number of aromatic nitrogens is 4. The minimum Gasteiger partial charge on any atom is -0.497 e. The van der Waals surface area contributed by atoms with E-state index >= 15 is 0 Å². The number of benzene rings is 1. The Morgan fingerprint density at radius 1 is 1.22 bits per heavy atom. The Balaban J connectivity index is 1.88. The highest BCUT2D eigenvalue weighted by Gasteiger charge is 2.18. The van der Waals surface area contributed by atoms with Crippen LogP contribution >= 0.6 is 22.9 Å². The zero-order valence-electron chi connectivity index (χ0n) is 14.1. The van der Waals surface area contributed by atoms with Gasteiger partial charge < -0.3 is 9.30 Å². The molecule has 0 spiro atoms. The van der Waals surface area contributed by atoms with E-state index in [1.165, 1.54) is 18.4 Å². The third-order valence-electron chi connectivity index (χ3n) is 4.03. The minimum atomic E-state index is -0.650. The molecule has 2 aliphatic rings. The highest BCUT2D eigenvalue weighted by molar-refractivity contribution is 7.15. The molecule has 9 heteroatoms. The molecule has 0 unspecified atom stereocenters. The fourth-order valence-electron chi connectivity index (χ4n) is 2.81. The van der Waals surface area contributed by atoms with E-state index in [4.69, 9.17) is 16.3 Å². The van der Waals surface area contributed by atoms with Crippen LogP contribution in [-0.2, 0) is 6.54 Å². The highest BCUT2D eigenvalue weighted by Crippen LogP contribution is 2.22. The van der Waals surface area contributed by atoms with Gasteiger partial charge in [-0.3, -0.25) is 4.79 Å². The number of pyridine rings is 1. The lowest BCUT2D eigenvalue weighted by atomic mass is 10.2. The van der Waals surface area contributed by atoms with E-state index in [9.17, 15) is 9.59 Å². The van der Waals surface area contributed by atoms with Crippen molar-refractivity contribution in [2.24, 2.45) is 0 Å². The van der Waals surface area contributed by atoms with Crippen molar-refractivity contribution < 1.29 is 4.74 Å². The van der Waals surface area contributed by atoms with Gasteiger partial charge in [-0.1, -0.05) is 17.7 Å². The van der Waals surface area contributed by atoms with Gasteiger partial charge >= 0.3 is 5.69 Å². The van der Waals surface area contributed by atoms with Crippen LogP contribution in [-0.4, -0.2) is 26.2 Å². The van der Waals surface area contributed by atoms with Gasteiger partial charge in [-0.2, -0.15) is 4.98 Å². The lowest BCUT2D eigenvalue weighted by Gasteiger charge is -2.14. The molecule has 0 saturated heterocycles. The Morgan fingerprint density at radius 2 is 2.07 bits per heavy atom. The molecule has 0 atom stereocenters. The molecule has 3 heterocycles. The van der Waals surface area contributed by atoms with Gasteiger partial charge in [-0.05, 0) is 24.3 Å². The fraction of sp³-hybridized carbons (Fsp3) is 0.111. The zero-order chi connectivity index (χ0) is 19.0. The molecule has 7 nitrogen and oxygen atoms in total. The Bertz CT molecular complexity index is 1210. The van der Waals surface area contributed by atoms with Crippen molar-refractivity contribution in [3.8, 4) is 22.8 Å². The highest BCUT2D eigenvalue weighted by atomic mass is 35.5. The Hall–Kier alpha value is -2.97. The number of methoxy groups -OCH3 is 1. The van der Waals surface area contributed by atoms with Crippen molar-refractivity contribution in [3.63, 3.8) is 0 Å². The monoisotopic (exact) mass is 400 g/mol. The third kappa shape index (κ3) is 3.24. The molecule has 1 aromatic heterocycles. The first kappa shape index (κ1) is 17.4. The van der Waals surface area contributed by atoms with Crippen LogP contribution in [0.3, 0.4) is 0 Å². The molecular formula is C18H13ClN4O3S. The van der Waals surface area contributed by atoms with Crippen LogP contribution in [0.2, 0.25) is 4.47 Å². The standard InChI is InChI=1S/C18H13ClN4O3S/c1-26-12-5-2-4-11(8-12)23-16(24)14-6-3-7-22(15(14)21-18(23)25)10-13-9-20-17(19)27-13/h2-9H,10H2,1H3. The maximum Gasteiger partial charge on any atom is 0.357 e. The van der Waals surface area contributed by atoms with Gasteiger partial charge in [0.1, 0.15) is 5.75 Å². The Morgan fingerprint density at radius 3 is 2.81 bits per heavy atom. The summed E-state index contributed by atoms with van der Waals surface area (Å²) >= 11 is 7.21. The summed E-state index contributed by atoms with van der Waals surface area (Å²) in [5, 5.41) is 0. The molecule has 0 radical (unpaired) electrons. The summed E-state index contributed by atoms with van der Waals surface area (Å²) in [4.78, 5) is 34.7. The predicted molar refractivity (Wildman–Crippen MR) is 103 cm³/mol. The topological polar surface area (TPSA) is 79.0 Å². The molecule has 0 aliphatic carbocycles. The largest absolute Gasteiger partial charge is 0.497 e. The van der Waals surface area contributed by atoms with E-state index in [1.807, 2.05) is 0 Å². The molecule has 2 aromatic rings. The lowest BCUT2D eigenvalue weighted by molar-refractivity contribution is 0.414. The van der Waals surface area contributed by atoms with Crippen LogP contribution in [0.1, 0.15) is 4.88 Å². The van der Waals surface area contributed by atoms with Crippen molar-refractivity contribution >= 4 is 22.9 Å². The number of halogens is 1. The van der Waals surface area contributed by atoms with Crippen LogP contribution in [0.4, 0.5) is 0 Å². The van der Waals surface area contributed by atoms with Crippen molar-refractivity contribution in [3.05, 3.63) is 79.0 Å². The van der Waals surface area contributed by atoms with E-state index in [2.05, 4.69) is 9.97 Å². The summed E-state index contributed by atoms with van der Waals surface area (Å²) < 4.78 is 8.38. The number of fused-ring (bicyclic) bond motifs is 1. The number of hydrogen-bond acceptors (Lipinski definition) is 6. The Kier molecular flexibility index (Phi) is 4.51. The molecule has 0 bridgehead atoms. The molecule has 4 rings (SSSR count). The summed E-state index contributed by atoms with van der Waals surface area (Å²) in [6.45, 7) is 0.413. The van der Waals surface area contributed by atoms with Gasteiger partial charge in [0.05, 0.1) is 24.9 Å². The second-order valence-electron chi connectivity index (χ2n) is 5.69. The van der Waals surface area contributed by atoms with E-state index < -0.39 is 11.2 Å². The average molecular weight is 401 g/mol. The second-order valence-corrected chi connectivity index (χ2v) is 7.39. The van der Waals surface area contributed by atoms with E-state index in [0.29, 0.717) is 33.8 Å². The fourth-order valence-corrected chi connectivity index (χ4v) is 3.79. The number of ether oxygens (including phenoxy) is 1. The number of nitrogens with zero attached hydrogens (tertiary/aromatic N) is 4. The maximum atomic E-state index is 13.0. The maximum absolute atomic E-state index is 13.0. The van der Waals surface area contributed by atoms with E-state index in [-0.39, 0.29) is 0 Å². The molecule has 0 saturated carbocycles. The van der Waals surface area contributed by atoms with Crippen LogP contribution < -0.4 is 16.0 Å². The summed E-state index contributed by atoms with van der Waals surface area (Å²) in [5.74, 6) is 0.861. The molecule has 2 aliphatic heterocycles. The minimum absolute atomic E-state index is 0.316. The normalized spacial score (nSPS) is 11.0. The smallest absolute Gasteiger partial charge is 0.357 e. The molecular weight excluding hydrogens is 388 g/mol. The van der Waals surface area contributed by atoms with Crippen LogP contribution in [0.15, 0.2) is 58.4 Å². The number of rotatable bonds is 4. The molecule has 27 heavy (non-hydrogen) atoms. The van der Waals surface area contributed by atoms with Gasteiger partial charge in [0.15, 0.2) is 10.3 Å². The molecule has 0 fully saturated rings. The van der Waals surface area contributed by atoms with Crippen LogP contribution in [0.25, 0.3) is 17.1 Å². The summed E-state index contributed by atoms with van der Waals surface area (Å²) in [7, 11) is 1.52. The second kappa shape index (κ2) is 6.98. The zero-order valence-corrected chi connectivity index (χ0v) is 15.7. The summed E-state index contributed by atoms with van der Waals surface area (Å²) in [6, 6.07) is 10.1. The first-order chi connectivity index (χ1) is 13.1. The van der Waals surface area contributed by atoms with Crippen molar-refractivity contribution in [1.29, 1.82) is 0 Å². The summed E-state index contributed by atoms with van der Waals surface area (Å²) in [5.41, 5.74) is -0.336. The van der Waals surface area contributed by atoms with Crippen LogP contribution in [0.5, 0.6) is 5.75 Å². The quantitative estimate of drug-likeness (QED) is 0.526. The lowest BCUT2D eigenvalue weighted by Crippen LogP contribution is -2.36. The van der Waals surface area contributed by atoms with Gasteiger partial charge in [0.2, 0.25) is 0 Å². The van der Waals surface area contributed by atoms with Crippen molar-refractivity contribution in [2.75, 3.05) is 7.11 Å². The Labute approximate surface area is 162 Å². The van der Waals surface area contributed by atoms with E-state index in [0.717, 1.165) is 9.44 Å². The average Bonchev–Trinajstić information content (AvgIpc) is 3.07. The molecule has 1 aromatic carbocycles. The number of thiazole rings is 1. The van der Waals surface area contributed by atoms with Crippen LogP contribution in [0, 0.1) is 0 Å². The predicted octanol–water partition coefficient (Wildman–Crippen LogP) is 2.67. The van der Waals surface area contributed by atoms with E-state index in [1.54, 1.807) is 53.4 Å².